The molecule has 2 aliphatic rings. The average Bonchev–Trinajstić information content (AvgIpc) is 3.19. The molecule has 1 saturated carbocycles. The van der Waals surface area contributed by atoms with E-state index >= 15 is 0 Å². The van der Waals surface area contributed by atoms with Crippen LogP contribution >= 0.6 is 15.9 Å². The van der Waals surface area contributed by atoms with Crippen LogP contribution in [0.5, 0.6) is 0 Å². The predicted molar refractivity (Wildman–Crippen MR) is 79.0 cm³/mol. The second kappa shape index (κ2) is 5.25. The van der Waals surface area contributed by atoms with E-state index in [9.17, 15) is 4.79 Å². The third-order valence-electron chi connectivity index (χ3n) is 4.09. The molecule has 3 atom stereocenters. The van der Waals surface area contributed by atoms with Crippen molar-refractivity contribution in [2.45, 2.75) is 25.3 Å². The van der Waals surface area contributed by atoms with Gasteiger partial charge in [-0.2, -0.15) is 0 Å². The third kappa shape index (κ3) is 2.84. The van der Waals surface area contributed by atoms with E-state index < -0.39 is 0 Å². The molecule has 1 aliphatic carbocycles. The molecular formula is C15H19BrN2O. The van der Waals surface area contributed by atoms with Crippen LogP contribution in [-0.4, -0.2) is 36.5 Å². The second-order valence-corrected chi connectivity index (χ2v) is 6.56. The van der Waals surface area contributed by atoms with Crippen molar-refractivity contribution in [1.82, 2.24) is 10.2 Å². The van der Waals surface area contributed by atoms with Gasteiger partial charge in [-0.1, -0.05) is 28.1 Å². The Bertz CT molecular complexity index is 474. The molecule has 0 spiro atoms. The molecule has 3 rings (SSSR count). The van der Waals surface area contributed by atoms with Crippen molar-refractivity contribution in [2.24, 2.45) is 5.92 Å². The zero-order valence-corrected chi connectivity index (χ0v) is 12.7. The van der Waals surface area contributed by atoms with Crippen LogP contribution in [0.25, 0.3) is 0 Å². The molecule has 1 aromatic carbocycles. The lowest BCUT2D eigenvalue weighted by Crippen LogP contribution is -2.51. The number of hydrogen-bond acceptors (Lipinski definition) is 2. The summed E-state index contributed by atoms with van der Waals surface area (Å²) in [5.74, 6) is 0.999. The molecule has 1 N–H and O–H groups in total. The lowest BCUT2D eigenvalue weighted by molar-refractivity contribution is -0.133. The Kier molecular flexibility index (Phi) is 3.63. The molecule has 4 heteroatoms. The monoisotopic (exact) mass is 322 g/mol. The highest BCUT2D eigenvalue weighted by atomic mass is 79.9. The first-order valence-corrected chi connectivity index (χ1v) is 7.72. The zero-order chi connectivity index (χ0) is 13.4. The van der Waals surface area contributed by atoms with Gasteiger partial charge in [0.15, 0.2) is 0 Å². The second-order valence-electron chi connectivity index (χ2n) is 5.64. The van der Waals surface area contributed by atoms with Crippen LogP contribution in [0.3, 0.4) is 0 Å². The number of halogens is 1. The Morgan fingerprint density at radius 2 is 2.11 bits per heavy atom. The third-order valence-corrected chi connectivity index (χ3v) is 4.61. The summed E-state index contributed by atoms with van der Waals surface area (Å²) in [7, 11) is 0. The van der Waals surface area contributed by atoms with E-state index in [1.165, 1.54) is 5.56 Å². The predicted octanol–water partition coefficient (Wildman–Crippen LogP) is 2.37. The molecule has 1 aromatic rings. The number of benzene rings is 1. The number of carbonyl (C=O) groups excluding carboxylic acids is 1. The van der Waals surface area contributed by atoms with Gasteiger partial charge in [0.25, 0.3) is 0 Å². The van der Waals surface area contributed by atoms with Crippen LogP contribution in [0, 0.1) is 5.92 Å². The number of nitrogens with one attached hydrogen (secondary N) is 1. The van der Waals surface area contributed by atoms with Crippen molar-refractivity contribution in [2.75, 3.05) is 19.6 Å². The van der Waals surface area contributed by atoms with Crippen molar-refractivity contribution in [3.63, 3.8) is 0 Å². The fraction of sp³-hybridized carbons (Fsp3) is 0.533. The van der Waals surface area contributed by atoms with Gasteiger partial charge in [-0.05, 0) is 37.0 Å². The van der Waals surface area contributed by atoms with E-state index in [2.05, 4.69) is 52.4 Å². The van der Waals surface area contributed by atoms with Crippen LogP contribution in [0.2, 0.25) is 0 Å². The Balaban J connectivity index is 1.62. The van der Waals surface area contributed by atoms with Crippen LogP contribution in [-0.2, 0) is 4.79 Å². The lowest BCUT2D eigenvalue weighted by atomic mass is 10.1. The summed E-state index contributed by atoms with van der Waals surface area (Å²) >= 11 is 3.45. The highest BCUT2D eigenvalue weighted by Crippen LogP contribution is 2.48. The lowest BCUT2D eigenvalue weighted by Gasteiger charge is -2.32. The maximum atomic E-state index is 12.4. The summed E-state index contributed by atoms with van der Waals surface area (Å²) in [4.78, 5) is 14.5. The van der Waals surface area contributed by atoms with Gasteiger partial charge >= 0.3 is 0 Å². The van der Waals surface area contributed by atoms with Gasteiger partial charge in [-0.3, -0.25) is 4.79 Å². The quantitative estimate of drug-likeness (QED) is 0.906. The molecule has 19 heavy (non-hydrogen) atoms. The Labute approximate surface area is 122 Å². The van der Waals surface area contributed by atoms with E-state index in [1.54, 1.807) is 0 Å². The molecule has 2 fully saturated rings. The maximum absolute atomic E-state index is 12.4. The molecule has 1 heterocycles. The minimum Gasteiger partial charge on any atom is -0.340 e. The first-order chi connectivity index (χ1) is 9.15. The van der Waals surface area contributed by atoms with Crippen molar-refractivity contribution < 1.29 is 4.79 Å². The minimum atomic E-state index is 0.214. The fourth-order valence-electron chi connectivity index (χ4n) is 2.91. The van der Waals surface area contributed by atoms with Gasteiger partial charge in [0.05, 0.1) is 0 Å². The summed E-state index contributed by atoms with van der Waals surface area (Å²) in [5.41, 5.74) is 1.30. The standard InChI is InChI=1S/C15H19BrN2O/c1-10-9-18(7-6-17-10)15(19)14-8-13(14)11-2-4-12(16)5-3-11/h2-5,10,13-14,17H,6-9H2,1H3/t10-,13+,14+/m1/s1. The number of hydrogen-bond donors (Lipinski definition) is 1. The summed E-state index contributed by atoms with van der Waals surface area (Å²) in [6, 6.07) is 8.79. The first kappa shape index (κ1) is 13.1. The summed E-state index contributed by atoms with van der Waals surface area (Å²) in [6.45, 7) is 4.76. The Morgan fingerprint density at radius 3 is 2.79 bits per heavy atom. The van der Waals surface area contributed by atoms with Crippen molar-refractivity contribution >= 4 is 21.8 Å². The summed E-state index contributed by atoms with van der Waals surface area (Å²) in [6.07, 6.45) is 1.01. The molecule has 1 amide bonds. The topological polar surface area (TPSA) is 32.3 Å². The van der Waals surface area contributed by atoms with E-state index in [4.69, 9.17) is 0 Å². The van der Waals surface area contributed by atoms with Crippen LogP contribution in [0.1, 0.15) is 24.8 Å². The van der Waals surface area contributed by atoms with Gasteiger partial charge in [0.2, 0.25) is 5.91 Å². The van der Waals surface area contributed by atoms with Crippen molar-refractivity contribution in [1.29, 1.82) is 0 Å². The molecule has 0 radical (unpaired) electrons. The Morgan fingerprint density at radius 1 is 1.37 bits per heavy atom. The molecule has 3 nitrogen and oxygen atoms in total. The molecule has 1 saturated heterocycles. The van der Waals surface area contributed by atoms with Crippen LogP contribution in [0.4, 0.5) is 0 Å². The highest BCUT2D eigenvalue weighted by molar-refractivity contribution is 9.10. The minimum absolute atomic E-state index is 0.214. The van der Waals surface area contributed by atoms with Gasteiger partial charge in [-0.15, -0.1) is 0 Å². The van der Waals surface area contributed by atoms with E-state index in [-0.39, 0.29) is 5.92 Å². The van der Waals surface area contributed by atoms with Crippen LogP contribution < -0.4 is 5.32 Å². The maximum Gasteiger partial charge on any atom is 0.226 e. The molecule has 0 unspecified atom stereocenters. The zero-order valence-electron chi connectivity index (χ0n) is 11.1. The molecular weight excluding hydrogens is 304 g/mol. The number of rotatable bonds is 2. The summed E-state index contributed by atoms with van der Waals surface area (Å²) < 4.78 is 1.09. The summed E-state index contributed by atoms with van der Waals surface area (Å²) in [5, 5.41) is 3.38. The molecule has 0 bridgehead atoms. The molecule has 1 aliphatic heterocycles. The van der Waals surface area contributed by atoms with E-state index in [0.29, 0.717) is 17.9 Å². The average molecular weight is 323 g/mol. The van der Waals surface area contributed by atoms with Crippen molar-refractivity contribution in [3.05, 3.63) is 34.3 Å². The van der Waals surface area contributed by atoms with Gasteiger partial charge in [0.1, 0.15) is 0 Å². The molecule has 102 valence electrons. The first-order valence-electron chi connectivity index (χ1n) is 6.93. The van der Waals surface area contributed by atoms with Gasteiger partial charge < -0.3 is 10.2 Å². The number of amides is 1. The molecule has 0 aromatic heterocycles. The normalized spacial score (nSPS) is 30.2. The van der Waals surface area contributed by atoms with Gasteiger partial charge in [0, 0.05) is 36.1 Å². The van der Waals surface area contributed by atoms with E-state index in [0.717, 1.165) is 30.5 Å². The van der Waals surface area contributed by atoms with Gasteiger partial charge in [-0.25, -0.2) is 0 Å². The van der Waals surface area contributed by atoms with Crippen LogP contribution in [0.15, 0.2) is 28.7 Å². The SMILES string of the molecule is C[C@@H]1CN(C(=O)[C@H]2C[C@H]2c2ccc(Br)cc2)CCN1. The smallest absolute Gasteiger partial charge is 0.226 e. The largest absolute Gasteiger partial charge is 0.340 e. The van der Waals surface area contributed by atoms with Crippen molar-refractivity contribution in [3.8, 4) is 0 Å². The van der Waals surface area contributed by atoms with E-state index in [1.807, 2.05) is 4.90 Å². The highest BCUT2D eigenvalue weighted by Gasteiger charge is 2.46. The number of piperazine rings is 1. The number of carbonyl (C=O) groups is 1. The Hall–Kier alpha value is -0.870. The number of nitrogens with zero attached hydrogens (tertiary/aromatic N) is 1. The fourth-order valence-corrected chi connectivity index (χ4v) is 3.18.